The zero-order valence-electron chi connectivity index (χ0n) is 19.8. The molecule has 1 atom stereocenters. The van der Waals surface area contributed by atoms with Crippen LogP contribution in [0.2, 0.25) is 0 Å². The lowest BCUT2D eigenvalue weighted by molar-refractivity contribution is -0.143. The van der Waals surface area contributed by atoms with Crippen LogP contribution in [0.1, 0.15) is 48.1 Å². The van der Waals surface area contributed by atoms with E-state index in [9.17, 15) is 27.9 Å². The van der Waals surface area contributed by atoms with Gasteiger partial charge in [0, 0.05) is 47.3 Å². The van der Waals surface area contributed by atoms with Crippen molar-refractivity contribution in [2.45, 2.75) is 32.0 Å². The van der Waals surface area contributed by atoms with E-state index in [-0.39, 0.29) is 28.1 Å². The molecule has 0 radical (unpaired) electrons. The number of benzene rings is 1. The molecule has 0 bridgehead atoms. The minimum absolute atomic E-state index is 0.00122. The molecule has 0 fully saturated rings. The number of allylic oxidation sites excluding steroid dienone is 2. The summed E-state index contributed by atoms with van der Waals surface area (Å²) in [6.07, 6.45) is 0.540. The van der Waals surface area contributed by atoms with Gasteiger partial charge in [-0.15, -0.1) is 0 Å². The predicted octanol–water partition coefficient (Wildman–Crippen LogP) is 5.15. The van der Waals surface area contributed by atoms with Gasteiger partial charge in [0.1, 0.15) is 0 Å². The van der Waals surface area contributed by atoms with Crippen LogP contribution < -0.4 is 5.32 Å². The number of hydrogen-bond donors (Lipinski definition) is 2. The number of carboxylic acid groups (broad SMARTS) is 1. The van der Waals surface area contributed by atoms with Crippen molar-refractivity contribution in [2.75, 3.05) is 0 Å². The third-order valence-electron chi connectivity index (χ3n) is 5.96. The predicted molar refractivity (Wildman–Crippen MR) is 127 cm³/mol. The third-order valence-corrected chi connectivity index (χ3v) is 5.96. The summed E-state index contributed by atoms with van der Waals surface area (Å²) in [6, 6.07) is 11.0. The third kappa shape index (κ3) is 5.37. The molecule has 1 aliphatic rings. The van der Waals surface area contributed by atoms with E-state index in [1.807, 2.05) is 0 Å². The second-order valence-electron chi connectivity index (χ2n) is 8.42. The van der Waals surface area contributed by atoms with Crippen molar-refractivity contribution in [3.05, 3.63) is 118 Å². The van der Waals surface area contributed by atoms with Gasteiger partial charge >= 0.3 is 18.1 Å². The Morgan fingerprint density at radius 2 is 1.54 bits per heavy atom. The Hall–Kier alpha value is -4.47. The maximum absolute atomic E-state index is 13.7. The average Bonchev–Trinajstić information content (AvgIpc) is 2.87. The molecule has 10 heteroatoms. The number of carbonyl (C=O) groups is 2. The summed E-state index contributed by atoms with van der Waals surface area (Å²) in [6.45, 7) is 3.03. The number of aromatic nitrogens is 2. The second kappa shape index (κ2) is 10.3. The second-order valence-corrected chi connectivity index (χ2v) is 8.42. The molecule has 0 spiro atoms. The molecule has 0 aliphatic carbocycles. The lowest BCUT2D eigenvalue weighted by atomic mass is 9.80. The molecule has 1 aliphatic heterocycles. The quantitative estimate of drug-likeness (QED) is 0.444. The first kappa shape index (κ1) is 25.6. The first-order valence-corrected chi connectivity index (χ1v) is 11.2. The number of carbonyl (C=O) groups excluding carboxylic acids is 1. The van der Waals surface area contributed by atoms with Crippen LogP contribution in [0.15, 0.2) is 95.9 Å². The number of nitrogens with one attached hydrogen (secondary N) is 1. The molecule has 1 aromatic carbocycles. The van der Waals surface area contributed by atoms with Crippen LogP contribution in [0.3, 0.4) is 0 Å². The van der Waals surface area contributed by atoms with Crippen molar-refractivity contribution in [1.82, 2.24) is 15.3 Å². The van der Waals surface area contributed by atoms with Gasteiger partial charge in [-0.05, 0) is 37.6 Å². The molecule has 2 N–H and O–H groups in total. The van der Waals surface area contributed by atoms with Crippen molar-refractivity contribution in [3.8, 4) is 0 Å². The largest absolute Gasteiger partial charge is 0.478 e. The van der Waals surface area contributed by atoms with Gasteiger partial charge in [-0.3, -0.25) is 9.97 Å². The van der Waals surface area contributed by atoms with Crippen molar-refractivity contribution >= 4 is 11.9 Å². The summed E-state index contributed by atoms with van der Waals surface area (Å²) in [5.41, 5.74) is 0.222. The maximum Gasteiger partial charge on any atom is 0.416 e. The zero-order valence-corrected chi connectivity index (χ0v) is 19.8. The van der Waals surface area contributed by atoms with E-state index in [4.69, 9.17) is 4.74 Å². The minimum Gasteiger partial charge on any atom is -0.478 e. The number of rotatable bonds is 6. The summed E-state index contributed by atoms with van der Waals surface area (Å²) in [7, 11) is 0. The molecule has 7 nitrogen and oxygen atoms in total. The molecule has 3 heterocycles. The van der Waals surface area contributed by atoms with E-state index in [2.05, 4.69) is 15.3 Å². The number of alkyl halides is 3. The fraction of sp³-hybridized carbons (Fsp3) is 0.185. The SMILES string of the molecule is CC1=C(C(=O)O)C(c2cccc(C(F)(F)F)c2)C(C(=O)OC(c2cccnc2)c2cccnc2)=C(C)N1. The molecule has 0 saturated heterocycles. The van der Waals surface area contributed by atoms with Crippen LogP contribution in [-0.4, -0.2) is 27.0 Å². The lowest BCUT2D eigenvalue weighted by Gasteiger charge is -2.31. The van der Waals surface area contributed by atoms with E-state index >= 15 is 0 Å². The number of hydrogen-bond acceptors (Lipinski definition) is 6. The molecule has 3 aromatic rings. The normalized spacial score (nSPS) is 16.0. The highest BCUT2D eigenvalue weighted by Crippen LogP contribution is 2.41. The minimum atomic E-state index is -4.66. The highest BCUT2D eigenvalue weighted by molar-refractivity contribution is 5.99. The van der Waals surface area contributed by atoms with Gasteiger partial charge in [0.25, 0.3) is 0 Å². The number of halogens is 3. The van der Waals surface area contributed by atoms with Gasteiger partial charge in [0.15, 0.2) is 6.10 Å². The zero-order chi connectivity index (χ0) is 26.7. The Kier molecular flexibility index (Phi) is 7.10. The maximum atomic E-state index is 13.7. The number of pyridine rings is 2. The Labute approximate surface area is 210 Å². The summed E-state index contributed by atoms with van der Waals surface area (Å²) in [5.74, 6) is -3.57. The summed E-state index contributed by atoms with van der Waals surface area (Å²) in [4.78, 5) is 34.1. The molecule has 37 heavy (non-hydrogen) atoms. The summed E-state index contributed by atoms with van der Waals surface area (Å²) in [5, 5.41) is 12.9. The molecule has 4 rings (SSSR count). The van der Waals surface area contributed by atoms with E-state index in [1.165, 1.54) is 31.5 Å². The van der Waals surface area contributed by atoms with Crippen molar-refractivity contribution < 1.29 is 32.6 Å². The summed E-state index contributed by atoms with van der Waals surface area (Å²) >= 11 is 0. The number of esters is 1. The highest BCUT2D eigenvalue weighted by atomic mass is 19.4. The summed E-state index contributed by atoms with van der Waals surface area (Å²) < 4.78 is 46.4. The average molecular weight is 509 g/mol. The van der Waals surface area contributed by atoms with Gasteiger partial charge in [0.2, 0.25) is 0 Å². The Balaban J connectivity index is 1.82. The van der Waals surface area contributed by atoms with Crippen molar-refractivity contribution in [3.63, 3.8) is 0 Å². The molecule has 190 valence electrons. The Bertz CT molecular complexity index is 1350. The van der Waals surface area contributed by atoms with Gasteiger partial charge < -0.3 is 15.2 Å². The van der Waals surface area contributed by atoms with Crippen LogP contribution >= 0.6 is 0 Å². The molecule has 0 saturated carbocycles. The van der Waals surface area contributed by atoms with Crippen molar-refractivity contribution in [1.29, 1.82) is 0 Å². The Morgan fingerprint density at radius 1 is 0.946 bits per heavy atom. The molecule has 0 amide bonds. The van der Waals surface area contributed by atoms with E-state index < -0.39 is 35.7 Å². The van der Waals surface area contributed by atoms with Crippen LogP contribution in [-0.2, 0) is 20.5 Å². The lowest BCUT2D eigenvalue weighted by Crippen LogP contribution is -2.32. The first-order valence-electron chi connectivity index (χ1n) is 11.2. The molecular weight excluding hydrogens is 487 g/mol. The highest BCUT2D eigenvalue weighted by Gasteiger charge is 2.39. The number of carboxylic acids is 1. The number of aliphatic carboxylic acids is 1. The first-order chi connectivity index (χ1) is 17.6. The van der Waals surface area contributed by atoms with E-state index in [0.29, 0.717) is 11.1 Å². The standard InChI is InChI=1S/C27H22F3N3O4/c1-15-21(25(34)35)23(17-6-3-9-20(12-17)27(28,29)30)22(16(2)33-15)26(36)37-24(18-7-4-10-31-13-18)19-8-5-11-32-14-19/h3-14,23-24,33H,1-2H3,(H,34,35). The van der Waals surface area contributed by atoms with Crippen LogP contribution in [0.25, 0.3) is 0 Å². The smallest absolute Gasteiger partial charge is 0.416 e. The van der Waals surface area contributed by atoms with Crippen LogP contribution in [0, 0.1) is 0 Å². The van der Waals surface area contributed by atoms with Gasteiger partial charge in [-0.1, -0.05) is 30.3 Å². The van der Waals surface area contributed by atoms with Crippen LogP contribution in [0.5, 0.6) is 0 Å². The molecular formula is C27H22F3N3O4. The Morgan fingerprint density at radius 3 is 2.05 bits per heavy atom. The number of dihydropyridines is 1. The fourth-order valence-corrected chi connectivity index (χ4v) is 4.34. The number of ether oxygens (including phenoxy) is 1. The molecule has 2 aromatic heterocycles. The van der Waals surface area contributed by atoms with E-state index in [0.717, 1.165) is 12.1 Å². The number of nitrogens with zero attached hydrogens (tertiary/aromatic N) is 2. The fourth-order valence-electron chi connectivity index (χ4n) is 4.34. The van der Waals surface area contributed by atoms with Crippen LogP contribution in [0.4, 0.5) is 13.2 Å². The molecule has 1 unspecified atom stereocenters. The van der Waals surface area contributed by atoms with Gasteiger partial charge in [0.05, 0.1) is 22.6 Å². The van der Waals surface area contributed by atoms with Gasteiger partial charge in [-0.2, -0.15) is 13.2 Å². The van der Waals surface area contributed by atoms with Crippen molar-refractivity contribution in [2.24, 2.45) is 0 Å². The van der Waals surface area contributed by atoms with E-state index in [1.54, 1.807) is 43.6 Å². The van der Waals surface area contributed by atoms with Gasteiger partial charge in [-0.25, -0.2) is 9.59 Å². The topological polar surface area (TPSA) is 101 Å². The monoisotopic (exact) mass is 509 g/mol.